The van der Waals surface area contributed by atoms with Crippen LogP contribution in [-0.2, 0) is 11.3 Å². The highest BCUT2D eigenvalue weighted by atomic mass is 16.2. The van der Waals surface area contributed by atoms with Crippen LogP contribution in [0, 0.1) is 0 Å². The SMILES string of the molecule is O=C(CCn1cnc2ccccc2c1=O)N1CCN(c2cc(-n3ccnc3)ncn2)CC1. The van der Waals surface area contributed by atoms with Crippen molar-refractivity contribution in [3.63, 3.8) is 0 Å². The number of imidazole rings is 1. The van der Waals surface area contributed by atoms with Crippen LogP contribution in [0.3, 0.4) is 0 Å². The molecule has 3 aromatic heterocycles. The standard InChI is InChI=1S/C22H22N8O2/c31-21(5-7-30-16-26-18-4-2-1-3-17(18)22(30)32)28-11-9-27(10-12-28)19-13-20(25-14-24-19)29-8-6-23-15-29/h1-4,6,8,13-16H,5,7,9-12H2. The molecule has 0 bridgehead atoms. The summed E-state index contributed by atoms with van der Waals surface area (Å²) in [4.78, 5) is 46.4. The van der Waals surface area contributed by atoms with Gasteiger partial charge < -0.3 is 9.80 Å². The van der Waals surface area contributed by atoms with Crippen molar-refractivity contribution in [1.29, 1.82) is 0 Å². The van der Waals surface area contributed by atoms with Gasteiger partial charge in [-0.3, -0.25) is 18.7 Å². The van der Waals surface area contributed by atoms with E-state index in [0.717, 1.165) is 11.6 Å². The van der Waals surface area contributed by atoms with Crippen LogP contribution in [0.5, 0.6) is 0 Å². The Bertz CT molecular complexity index is 1290. The maximum absolute atomic E-state index is 12.7. The predicted octanol–water partition coefficient (Wildman–Crippen LogP) is 1.11. The van der Waals surface area contributed by atoms with Crippen molar-refractivity contribution in [2.45, 2.75) is 13.0 Å². The molecule has 0 N–H and O–H groups in total. The summed E-state index contributed by atoms with van der Waals surface area (Å²) in [6.07, 6.45) is 8.55. The van der Waals surface area contributed by atoms with Gasteiger partial charge in [0.25, 0.3) is 5.56 Å². The van der Waals surface area contributed by atoms with E-state index in [1.54, 1.807) is 18.6 Å². The molecule has 0 atom stereocenters. The summed E-state index contributed by atoms with van der Waals surface area (Å²) in [5.74, 6) is 1.61. The van der Waals surface area contributed by atoms with Gasteiger partial charge in [0.2, 0.25) is 5.91 Å². The smallest absolute Gasteiger partial charge is 0.261 e. The second-order valence-corrected chi connectivity index (χ2v) is 7.58. The summed E-state index contributed by atoms with van der Waals surface area (Å²) in [5.41, 5.74) is 0.544. The summed E-state index contributed by atoms with van der Waals surface area (Å²) in [6, 6.07) is 9.15. The molecule has 1 aliphatic heterocycles. The van der Waals surface area contributed by atoms with Crippen LogP contribution in [-0.4, -0.2) is 66.1 Å². The number of aryl methyl sites for hydroxylation is 1. The molecule has 5 rings (SSSR count). The molecule has 1 amide bonds. The Morgan fingerprint density at radius 1 is 0.969 bits per heavy atom. The number of fused-ring (bicyclic) bond motifs is 1. The van der Waals surface area contributed by atoms with E-state index in [1.807, 2.05) is 39.9 Å². The number of hydrogen-bond acceptors (Lipinski definition) is 7. The van der Waals surface area contributed by atoms with Gasteiger partial charge in [-0.25, -0.2) is 19.9 Å². The van der Waals surface area contributed by atoms with E-state index in [1.165, 1.54) is 17.2 Å². The molecule has 4 heterocycles. The summed E-state index contributed by atoms with van der Waals surface area (Å²) < 4.78 is 3.34. The Kier molecular flexibility index (Phi) is 5.32. The van der Waals surface area contributed by atoms with E-state index < -0.39 is 0 Å². The van der Waals surface area contributed by atoms with Gasteiger partial charge in [-0.2, -0.15) is 0 Å². The van der Waals surface area contributed by atoms with Gasteiger partial charge in [0.1, 0.15) is 24.3 Å². The molecule has 0 aliphatic carbocycles. The molecular formula is C22H22N8O2. The zero-order valence-electron chi connectivity index (χ0n) is 17.4. The van der Waals surface area contributed by atoms with Crippen molar-refractivity contribution in [3.8, 4) is 5.82 Å². The highest BCUT2D eigenvalue weighted by Crippen LogP contribution is 2.16. The minimum Gasteiger partial charge on any atom is -0.353 e. The van der Waals surface area contributed by atoms with Crippen LogP contribution in [0.25, 0.3) is 16.7 Å². The number of amides is 1. The quantitative estimate of drug-likeness (QED) is 0.467. The fraction of sp³-hybridized carbons (Fsp3) is 0.273. The fourth-order valence-corrected chi connectivity index (χ4v) is 3.87. The average Bonchev–Trinajstić information content (AvgIpc) is 3.39. The van der Waals surface area contributed by atoms with Gasteiger partial charge >= 0.3 is 0 Å². The van der Waals surface area contributed by atoms with Gasteiger partial charge in [0.15, 0.2) is 0 Å². The first-order valence-electron chi connectivity index (χ1n) is 10.5. The number of para-hydroxylation sites is 1. The molecule has 4 aromatic rings. The summed E-state index contributed by atoms with van der Waals surface area (Å²) in [5, 5.41) is 0.566. The molecule has 10 heteroatoms. The monoisotopic (exact) mass is 430 g/mol. The maximum atomic E-state index is 12.7. The third kappa shape index (κ3) is 3.94. The number of aromatic nitrogens is 6. The van der Waals surface area contributed by atoms with Gasteiger partial charge in [-0.1, -0.05) is 12.1 Å². The molecular weight excluding hydrogens is 408 g/mol. The van der Waals surface area contributed by atoms with Crippen molar-refractivity contribution in [3.05, 3.63) is 72.1 Å². The number of nitrogens with zero attached hydrogens (tertiary/aromatic N) is 8. The molecule has 162 valence electrons. The van der Waals surface area contributed by atoms with Gasteiger partial charge in [-0.05, 0) is 12.1 Å². The lowest BCUT2D eigenvalue weighted by Gasteiger charge is -2.35. The molecule has 1 aliphatic rings. The number of carbonyl (C=O) groups excluding carboxylic acids is 1. The normalized spacial score (nSPS) is 14.1. The lowest BCUT2D eigenvalue weighted by Crippen LogP contribution is -2.49. The molecule has 0 spiro atoms. The number of anilines is 1. The van der Waals surface area contributed by atoms with Crippen molar-refractivity contribution in [2.24, 2.45) is 0 Å². The molecule has 1 saturated heterocycles. The zero-order chi connectivity index (χ0) is 21.9. The Labute approximate surface area is 183 Å². The first-order valence-corrected chi connectivity index (χ1v) is 10.5. The second-order valence-electron chi connectivity index (χ2n) is 7.58. The number of carbonyl (C=O) groups is 1. The highest BCUT2D eigenvalue weighted by molar-refractivity contribution is 5.77. The van der Waals surface area contributed by atoms with Crippen LogP contribution < -0.4 is 10.5 Å². The predicted molar refractivity (Wildman–Crippen MR) is 119 cm³/mol. The Hall–Kier alpha value is -4.08. The van der Waals surface area contributed by atoms with E-state index in [4.69, 9.17) is 0 Å². The van der Waals surface area contributed by atoms with Crippen LogP contribution in [0.4, 0.5) is 5.82 Å². The third-order valence-corrected chi connectivity index (χ3v) is 5.66. The minimum atomic E-state index is -0.120. The van der Waals surface area contributed by atoms with Crippen molar-refractivity contribution >= 4 is 22.6 Å². The molecule has 0 saturated carbocycles. The Morgan fingerprint density at radius 2 is 1.78 bits per heavy atom. The van der Waals surface area contributed by atoms with Crippen LogP contribution in [0.1, 0.15) is 6.42 Å². The van der Waals surface area contributed by atoms with Crippen molar-refractivity contribution < 1.29 is 4.79 Å². The molecule has 32 heavy (non-hydrogen) atoms. The van der Waals surface area contributed by atoms with Gasteiger partial charge in [-0.15, -0.1) is 0 Å². The highest BCUT2D eigenvalue weighted by Gasteiger charge is 2.22. The van der Waals surface area contributed by atoms with Crippen LogP contribution in [0.2, 0.25) is 0 Å². The fourth-order valence-electron chi connectivity index (χ4n) is 3.87. The topological polar surface area (TPSA) is 102 Å². The minimum absolute atomic E-state index is 0.0338. The first kappa shape index (κ1) is 19.9. The van der Waals surface area contributed by atoms with Crippen LogP contribution in [0.15, 0.2) is 66.5 Å². The largest absolute Gasteiger partial charge is 0.353 e. The lowest BCUT2D eigenvalue weighted by molar-refractivity contribution is -0.131. The van der Waals surface area contributed by atoms with E-state index in [9.17, 15) is 9.59 Å². The first-order chi connectivity index (χ1) is 15.7. The Balaban J connectivity index is 1.19. The van der Waals surface area contributed by atoms with E-state index >= 15 is 0 Å². The number of benzene rings is 1. The molecule has 1 aromatic carbocycles. The summed E-state index contributed by atoms with van der Waals surface area (Å²) in [6.45, 7) is 2.89. The van der Waals surface area contributed by atoms with E-state index in [-0.39, 0.29) is 17.9 Å². The molecule has 1 fully saturated rings. The molecule has 10 nitrogen and oxygen atoms in total. The maximum Gasteiger partial charge on any atom is 0.261 e. The van der Waals surface area contributed by atoms with Crippen molar-refractivity contribution in [2.75, 3.05) is 31.1 Å². The van der Waals surface area contributed by atoms with Gasteiger partial charge in [0, 0.05) is 57.6 Å². The summed E-state index contributed by atoms with van der Waals surface area (Å²) >= 11 is 0. The van der Waals surface area contributed by atoms with Crippen molar-refractivity contribution in [1.82, 2.24) is 34.0 Å². The Morgan fingerprint density at radius 3 is 2.59 bits per heavy atom. The summed E-state index contributed by atoms with van der Waals surface area (Å²) in [7, 11) is 0. The number of hydrogen-bond donors (Lipinski definition) is 0. The third-order valence-electron chi connectivity index (χ3n) is 5.66. The van der Waals surface area contributed by atoms with Crippen LogP contribution >= 0.6 is 0 Å². The van der Waals surface area contributed by atoms with E-state index in [2.05, 4.69) is 24.8 Å². The zero-order valence-corrected chi connectivity index (χ0v) is 17.4. The number of rotatable bonds is 5. The average molecular weight is 430 g/mol. The molecule has 0 radical (unpaired) electrons. The molecule has 0 unspecified atom stereocenters. The van der Waals surface area contributed by atoms with E-state index in [0.29, 0.717) is 43.6 Å². The number of piperazine rings is 1. The second kappa shape index (κ2) is 8.58. The lowest BCUT2D eigenvalue weighted by atomic mass is 10.2. The van der Waals surface area contributed by atoms with Gasteiger partial charge in [0.05, 0.1) is 17.2 Å².